The first-order valence-electron chi connectivity index (χ1n) is 6.98. The van der Waals surface area contributed by atoms with Gasteiger partial charge in [0.2, 0.25) is 0 Å². The van der Waals surface area contributed by atoms with Crippen molar-refractivity contribution in [3.63, 3.8) is 0 Å². The molecule has 0 saturated carbocycles. The molecule has 0 bridgehead atoms. The molecule has 0 saturated heterocycles. The van der Waals surface area contributed by atoms with Crippen LogP contribution in [0.3, 0.4) is 0 Å². The Balaban J connectivity index is 3.30. The van der Waals surface area contributed by atoms with Gasteiger partial charge in [0, 0.05) is 6.04 Å². The highest BCUT2D eigenvalue weighted by molar-refractivity contribution is 4.60. The zero-order valence-electron chi connectivity index (χ0n) is 12.1. The van der Waals surface area contributed by atoms with Crippen LogP contribution in [0, 0.1) is 5.92 Å². The number of hydrogen-bond donors (Lipinski definition) is 1. The molecule has 1 N–H and O–H groups in total. The maximum Gasteiger partial charge on any atom is 0.00386 e. The van der Waals surface area contributed by atoms with Crippen LogP contribution < -0.4 is 5.32 Å². The van der Waals surface area contributed by atoms with E-state index in [2.05, 4.69) is 45.0 Å². The van der Waals surface area contributed by atoms with E-state index >= 15 is 0 Å². The van der Waals surface area contributed by atoms with E-state index in [9.17, 15) is 0 Å². The summed E-state index contributed by atoms with van der Waals surface area (Å²) in [4.78, 5) is 2.47. The summed E-state index contributed by atoms with van der Waals surface area (Å²) < 4.78 is 0. The minimum Gasteiger partial charge on any atom is -0.315 e. The second-order valence-corrected chi connectivity index (χ2v) is 5.44. The van der Waals surface area contributed by atoms with Crippen molar-refractivity contribution in [2.24, 2.45) is 5.92 Å². The van der Waals surface area contributed by atoms with Crippen LogP contribution in [0.15, 0.2) is 0 Å². The molecule has 98 valence electrons. The Hall–Kier alpha value is -0.0800. The second kappa shape index (κ2) is 10.1. The van der Waals surface area contributed by atoms with Crippen LogP contribution in [-0.4, -0.2) is 37.6 Å². The Morgan fingerprint density at radius 3 is 2.25 bits per heavy atom. The van der Waals surface area contributed by atoms with E-state index in [1.54, 1.807) is 0 Å². The quantitative estimate of drug-likeness (QED) is 0.578. The Kier molecular flexibility index (Phi) is 10.0. The average molecular weight is 228 g/mol. The van der Waals surface area contributed by atoms with E-state index in [1.165, 1.54) is 38.8 Å². The summed E-state index contributed by atoms with van der Waals surface area (Å²) in [7, 11) is 2.25. The van der Waals surface area contributed by atoms with Crippen LogP contribution >= 0.6 is 0 Å². The normalized spacial score (nSPS) is 13.7. The Bertz CT molecular complexity index is 146. The van der Waals surface area contributed by atoms with Gasteiger partial charge in [-0.25, -0.2) is 0 Å². The predicted molar refractivity (Wildman–Crippen MR) is 73.9 cm³/mol. The zero-order chi connectivity index (χ0) is 12.4. The highest BCUT2D eigenvalue weighted by Crippen LogP contribution is 2.04. The molecule has 0 aromatic carbocycles. The molecular formula is C14H32N2. The largest absolute Gasteiger partial charge is 0.315 e. The molecule has 1 unspecified atom stereocenters. The molecule has 0 aliphatic rings. The van der Waals surface area contributed by atoms with Gasteiger partial charge in [0.25, 0.3) is 0 Å². The third-order valence-corrected chi connectivity index (χ3v) is 3.07. The van der Waals surface area contributed by atoms with Crippen LogP contribution in [0.25, 0.3) is 0 Å². The second-order valence-electron chi connectivity index (χ2n) is 5.44. The lowest BCUT2D eigenvalue weighted by molar-refractivity contribution is 0.300. The molecule has 0 heterocycles. The first-order valence-corrected chi connectivity index (χ1v) is 6.98. The van der Waals surface area contributed by atoms with E-state index in [0.717, 1.165) is 12.5 Å². The van der Waals surface area contributed by atoms with Crippen molar-refractivity contribution in [1.29, 1.82) is 0 Å². The Labute approximate surface area is 103 Å². The summed E-state index contributed by atoms with van der Waals surface area (Å²) in [6, 6.07) is 0.686. The van der Waals surface area contributed by atoms with Crippen LogP contribution in [-0.2, 0) is 0 Å². The monoisotopic (exact) mass is 228 g/mol. The molecular weight excluding hydrogens is 196 g/mol. The van der Waals surface area contributed by atoms with Gasteiger partial charge in [-0.2, -0.15) is 0 Å². The van der Waals surface area contributed by atoms with Gasteiger partial charge in [-0.3, -0.25) is 0 Å². The van der Waals surface area contributed by atoms with Gasteiger partial charge in [-0.1, -0.05) is 27.2 Å². The van der Waals surface area contributed by atoms with Gasteiger partial charge in [0.15, 0.2) is 0 Å². The molecule has 0 rings (SSSR count). The van der Waals surface area contributed by atoms with E-state index < -0.39 is 0 Å². The first kappa shape index (κ1) is 15.9. The Morgan fingerprint density at radius 1 is 1.00 bits per heavy atom. The summed E-state index contributed by atoms with van der Waals surface area (Å²) in [5.41, 5.74) is 0. The minimum absolute atomic E-state index is 0.686. The third kappa shape index (κ3) is 10.4. The molecule has 0 spiro atoms. The lowest BCUT2D eigenvalue weighted by Gasteiger charge is -2.18. The van der Waals surface area contributed by atoms with Gasteiger partial charge < -0.3 is 10.2 Å². The van der Waals surface area contributed by atoms with Crippen molar-refractivity contribution in [3.05, 3.63) is 0 Å². The summed E-state index contributed by atoms with van der Waals surface area (Å²) in [6.07, 6.45) is 5.32. The number of unbranched alkanes of at least 4 members (excludes halogenated alkanes) is 1. The number of nitrogens with zero attached hydrogens (tertiary/aromatic N) is 1. The van der Waals surface area contributed by atoms with Crippen molar-refractivity contribution < 1.29 is 0 Å². The maximum absolute atomic E-state index is 3.46. The molecule has 1 atom stereocenters. The van der Waals surface area contributed by atoms with Crippen molar-refractivity contribution in [3.8, 4) is 0 Å². The maximum atomic E-state index is 3.46. The van der Waals surface area contributed by atoms with Crippen LogP contribution in [0.4, 0.5) is 0 Å². The number of rotatable bonds is 10. The highest BCUT2D eigenvalue weighted by Gasteiger charge is 2.02. The number of hydrogen-bond acceptors (Lipinski definition) is 2. The van der Waals surface area contributed by atoms with Crippen molar-refractivity contribution in [1.82, 2.24) is 10.2 Å². The highest BCUT2D eigenvalue weighted by atomic mass is 15.1. The summed E-state index contributed by atoms with van der Waals surface area (Å²) >= 11 is 0. The number of nitrogens with one attached hydrogen (secondary N) is 1. The standard InChI is InChI=1S/C14H32N2/c1-6-15-14(4)9-7-8-11-16(5)12-10-13(2)3/h13-15H,6-12H2,1-5H3. The fourth-order valence-corrected chi connectivity index (χ4v) is 1.87. The van der Waals surface area contributed by atoms with Gasteiger partial charge >= 0.3 is 0 Å². The summed E-state index contributed by atoms with van der Waals surface area (Å²) in [5.74, 6) is 0.830. The van der Waals surface area contributed by atoms with Gasteiger partial charge in [0.05, 0.1) is 0 Å². The molecule has 0 aromatic rings. The fraction of sp³-hybridized carbons (Fsp3) is 1.00. The molecule has 0 aliphatic heterocycles. The van der Waals surface area contributed by atoms with Crippen LogP contribution in [0.1, 0.15) is 53.4 Å². The SMILES string of the molecule is CCNC(C)CCCCN(C)CCC(C)C. The van der Waals surface area contributed by atoms with Crippen LogP contribution in [0.5, 0.6) is 0 Å². The lowest BCUT2D eigenvalue weighted by Crippen LogP contribution is -2.26. The minimum atomic E-state index is 0.686. The predicted octanol–water partition coefficient (Wildman–Crippen LogP) is 3.13. The van der Waals surface area contributed by atoms with Crippen molar-refractivity contribution in [2.45, 2.75) is 59.4 Å². The molecule has 2 nitrogen and oxygen atoms in total. The summed E-state index contributed by atoms with van der Waals surface area (Å²) in [6.45, 7) is 12.7. The zero-order valence-corrected chi connectivity index (χ0v) is 12.1. The smallest absolute Gasteiger partial charge is 0.00386 e. The van der Waals surface area contributed by atoms with Gasteiger partial charge in [-0.05, 0) is 58.8 Å². The van der Waals surface area contributed by atoms with Crippen molar-refractivity contribution in [2.75, 3.05) is 26.7 Å². The molecule has 0 fully saturated rings. The average Bonchev–Trinajstić information content (AvgIpc) is 2.22. The first-order chi connectivity index (χ1) is 7.56. The molecule has 0 radical (unpaired) electrons. The van der Waals surface area contributed by atoms with Crippen molar-refractivity contribution >= 4 is 0 Å². The van der Waals surface area contributed by atoms with Gasteiger partial charge in [-0.15, -0.1) is 0 Å². The lowest BCUT2D eigenvalue weighted by atomic mass is 10.1. The van der Waals surface area contributed by atoms with E-state index in [1.807, 2.05) is 0 Å². The molecule has 16 heavy (non-hydrogen) atoms. The molecule has 0 aromatic heterocycles. The van der Waals surface area contributed by atoms with E-state index in [4.69, 9.17) is 0 Å². The topological polar surface area (TPSA) is 15.3 Å². The Morgan fingerprint density at radius 2 is 1.69 bits per heavy atom. The summed E-state index contributed by atoms with van der Waals surface area (Å²) in [5, 5.41) is 3.46. The molecule has 2 heteroatoms. The molecule has 0 amide bonds. The van der Waals surface area contributed by atoms with Gasteiger partial charge in [0.1, 0.15) is 0 Å². The fourth-order valence-electron chi connectivity index (χ4n) is 1.87. The van der Waals surface area contributed by atoms with E-state index in [-0.39, 0.29) is 0 Å². The van der Waals surface area contributed by atoms with E-state index in [0.29, 0.717) is 6.04 Å². The molecule has 0 aliphatic carbocycles. The third-order valence-electron chi connectivity index (χ3n) is 3.07. The van der Waals surface area contributed by atoms with Crippen LogP contribution in [0.2, 0.25) is 0 Å².